The predicted molar refractivity (Wildman–Crippen MR) is 95.5 cm³/mol. The van der Waals surface area contributed by atoms with Gasteiger partial charge in [0.1, 0.15) is 12.2 Å². The van der Waals surface area contributed by atoms with Crippen molar-refractivity contribution in [1.29, 1.82) is 0 Å². The summed E-state index contributed by atoms with van der Waals surface area (Å²) in [6.45, 7) is 10.9. The Labute approximate surface area is 159 Å². The van der Waals surface area contributed by atoms with Crippen molar-refractivity contribution >= 4 is 11.9 Å². The summed E-state index contributed by atoms with van der Waals surface area (Å²) in [5, 5.41) is 11.1. The minimum Gasteiger partial charge on any atom is -0.461 e. The van der Waals surface area contributed by atoms with Crippen LogP contribution < -0.4 is 0 Å². The molecule has 3 heterocycles. The molecule has 0 spiro atoms. The van der Waals surface area contributed by atoms with Gasteiger partial charge in [0.2, 0.25) is 0 Å². The maximum absolute atomic E-state index is 12.3. The van der Waals surface area contributed by atoms with Gasteiger partial charge < -0.3 is 24.1 Å². The maximum Gasteiger partial charge on any atom is 0.334 e. The smallest absolute Gasteiger partial charge is 0.334 e. The van der Waals surface area contributed by atoms with Gasteiger partial charge in [0.25, 0.3) is 0 Å². The monoisotopic (exact) mass is 380 g/mol. The molecule has 3 aliphatic heterocycles. The quantitative estimate of drug-likeness (QED) is 0.454. The highest BCUT2D eigenvalue weighted by Gasteiger charge is 2.58. The van der Waals surface area contributed by atoms with E-state index >= 15 is 0 Å². The van der Waals surface area contributed by atoms with Crippen LogP contribution in [-0.4, -0.2) is 53.9 Å². The SMILES string of the molecule is C=C1C(=O)O[C@H]2/C=C(\C)[C@@]3(O)C[C@H](OC)[C@@](C)(C[C@H](OC(=O)C(C)C)[C@@H]12)O3. The van der Waals surface area contributed by atoms with Gasteiger partial charge in [-0.25, -0.2) is 4.79 Å². The molecule has 0 aliphatic carbocycles. The third-order valence-electron chi connectivity index (χ3n) is 5.87. The molecule has 0 aromatic carbocycles. The Balaban J connectivity index is 2.08. The number of esters is 2. The third kappa shape index (κ3) is 3.32. The first-order valence-electron chi connectivity index (χ1n) is 9.25. The molecule has 6 atom stereocenters. The fourth-order valence-electron chi connectivity index (χ4n) is 4.19. The van der Waals surface area contributed by atoms with Crippen molar-refractivity contribution < 1.29 is 33.6 Å². The largest absolute Gasteiger partial charge is 0.461 e. The zero-order chi connectivity index (χ0) is 20.1. The van der Waals surface area contributed by atoms with Crippen molar-refractivity contribution in [2.45, 2.75) is 70.2 Å². The molecule has 0 radical (unpaired) electrons. The van der Waals surface area contributed by atoms with E-state index in [9.17, 15) is 14.7 Å². The molecule has 2 saturated heterocycles. The Morgan fingerprint density at radius 1 is 1.41 bits per heavy atom. The lowest BCUT2D eigenvalue weighted by Crippen LogP contribution is -2.45. The van der Waals surface area contributed by atoms with E-state index in [1.807, 2.05) is 6.92 Å². The number of hydrogen-bond acceptors (Lipinski definition) is 7. The molecule has 150 valence electrons. The highest BCUT2D eigenvalue weighted by Crippen LogP contribution is 2.48. The highest BCUT2D eigenvalue weighted by atomic mass is 16.7. The second-order valence-electron chi connectivity index (χ2n) is 8.23. The Morgan fingerprint density at radius 2 is 2.07 bits per heavy atom. The molecular weight excluding hydrogens is 352 g/mol. The molecule has 0 aromatic heterocycles. The number of fused-ring (bicyclic) bond motifs is 3. The van der Waals surface area contributed by atoms with Crippen LogP contribution in [0.25, 0.3) is 0 Å². The van der Waals surface area contributed by atoms with Gasteiger partial charge in [0, 0.05) is 25.5 Å². The Bertz CT molecular complexity index is 696. The molecule has 2 bridgehead atoms. The standard InChI is InChI=1S/C20H28O7/c1-10(2)17(21)26-14-8-19(5)15(24-6)9-20(23,27-19)11(3)7-13-16(14)12(4)18(22)25-13/h7,10,13-16,23H,4,8-9H2,1-3,5-6H3/b11-7+/t13-,14-,15-,16-,19+,20+/m0/s1. The van der Waals surface area contributed by atoms with Crippen LogP contribution in [0.1, 0.15) is 40.5 Å². The number of carbonyl (C=O) groups excluding carboxylic acids is 2. The number of rotatable bonds is 3. The van der Waals surface area contributed by atoms with Crippen molar-refractivity contribution in [3.63, 3.8) is 0 Å². The van der Waals surface area contributed by atoms with Gasteiger partial charge in [-0.2, -0.15) is 0 Å². The number of ether oxygens (including phenoxy) is 4. The average molecular weight is 380 g/mol. The van der Waals surface area contributed by atoms with Crippen molar-refractivity contribution in [1.82, 2.24) is 0 Å². The van der Waals surface area contributed by atoms with Crippen molar-refractivity contribution in [2.24, 2.45) is 11.8 Å². The summed E-state index contributed by atoms with van der Waals surface area (Å²) in [5.41, 5.74) is -0.129. The molecule has 7 nitrogen and oxygen atoms in total. The minimum atomic E-state index is -1.53. The lowest BCUT2D eigenvalue weighted by Gasteiger charge is -2.35. The first-order valence-corrected chi connectivity index (χ1v) is 9.25. The molecule has 0 aromatic rings. The van der Waals surface area contributed by atoms with Crippen LogP contribution in [0, 0.1) is 11.8 Å². The van der Waals surface area contributed by atoms with Crippen LogP contribution in [0.5, 0.6) is 0 Å². The predicted octanol–water partition coefficient (Wildman–Crippen LogP) is 1.88. The lowest BCUT2D eigenvalue weighted by molar-refractivity contribution is -0.210. The van der Waals surface area contributed by atoms with Crippen molar-refractivity contribution in [3.8, 4) is 0 Å². The van der Waals surface area contributed by atoms with E-state index < -0.39 is 41.6 Å². The summed E-state index contributed by atoms with van der Waals surface area (Å²) < 4.78 is 22.9. The molecule has 2 fully saturated rings. The van der Waals surface area contributed by atoms with Gasteiger partial charge in [-0.1, -0.05) is 20.4 Å². The summed E-state index contributed by atoms with van der Waals surface area (Å²) in [5.74, 6) is -3.30. The first-order chi connectivity index (χ1) is 12.5. The van der Waals surface area contributed by atoms with E-state index in [0.717, 1.165) is 0 Å². The first kappa shape index (κ1) is 20.0. The van der Waals surface area contributed by atoms with E-state index in [2.05, 4.69) is 6.58 Å². The molecule has 7 heteroatoms. The van der Waals surface area contributed by atoms with Crippen molar-refractivity contribution in [2.75, 3.05) is 7.11 Å². The van der Waals surface area contributed by atoms with E-state index in [0.29, 0.717) is 5.57 Å². The van der Waals surface area contributed by atoms with E-state index in [1.54, 1.807) is 34.0 Å². The summed E-state index contributed by atoms with van der Waals surface area (Å²) in [4.78, 5) is 24.5. The zero-order valence-corrected chi connectivity index (χ0v) is 16.5. The number of aliphatic hydroxyl groups is 1. The third-order valence-corrected chi connectivity index (χ3v) is 5.87. The number of carbonyl (C=O) groups is 2. The van der Waals surface area contributed by atoms with Crippen LogP contribution >= 0.6 is 0 Å². The van der Waals surface area contributed by atoms with E-state index in [4.69, 9.17) is 18.9 Å². The van der Waals surface area contributed by atoms with Gasteiger partial charge in [0.15, 0.2) is 5.79 Å². The highest BCUT2D eigenvalue weighted by molar-refractivity contribution is 5.91. The van der Waals surface area contributed by atoms with Crippen LogP contribution in [0.3, 0.4) is 0 Å². The fraction of sp³-hybridized carbons (Fsp3) is 0.700. The lowest BCUT2D eigenvalue weighted by atomic mass is 9.80. The molecule has 0 amide bonds. The van der Waals surface area contributed by atoms with Gasteiger partial charge in [0.05, 0.1) is 23.5 Å². The Kier molecular flexibility index (Phi) is 4.99. The molecule has 0 saturated carbocycles. The van der Waals surface area contributed by atoms with Crippen LogP contribution in [0.15, 0.2) is 23.8 Å². The maximum atomic E-state index is 12.3. The molecule has 3 aliphatic rings. The second-order valence-corrected chi connectivity index (χ2v) is 8.23. The summed E-state index contributed by atoms with van der Waals surface area (Å²) in [6, 6.07) is 0. The normalized spacial score (nSPS) is 43.3. The molecule has 0 unspecified atom stereocenters. The van der Waals surface area contributed by atoms with Gasteiger partial charge >= 0.3 is 11.9 Å². The summed E-state index contributed by atoms with van der Waals surface area (Å²) >= 11 is 0. The van der Waals surface area contributed by atoms with Gasteiger partial charge in [-0.15, -0.1) is 0 Å². The number of methoxy groups -OCH3 is 1. The Hall–Kier alpha value is -1.70. The Morgan fingerprint density at radius 3 is 2.67 bits per heavy atom. The summed E-state index contributed by atoms with van der Waals surface area (Å²) in [6.07, 6.45) is 0.362. The van der Waals surface area contributed by atoms with Crippen LogP contribution in [-0.2, 0) is 28.5 Å². The second kappa shape index (κ2) is 6.72. The van der Waals surface area contributed by atoms with Crippen molar-refractivity contribution in [3.05, 3.63) is 23.8 Å². The molecule has 3 rings (SSSR count). The number of hydrogen-bond donors (Lipinski definition) is 1. The topological polar surface area (TPSA) is 91.3 Å². The van der Waals surface area contributed by atoms with Gasteiger partial charge in [-0.3, -0.25) is 4.79 Å². The molecule has 27 heavy (non-hydrogen) atoms. The molecule has 1 N–H and O–H groups in total. The van der Waals surface area contributed by atoms with Gasteiger partial charge in [-0.05, 0) is 25.5 Å². The fourth-order valence-corrected chi connectivity index (χ4v) is 4.19. The van der Waals surface area contributed by atoms with E-state index in [-0.39, 0.29) is 30.3 Å². The average Bonchev–Trinajstić information content (AvgIpc) is 3.00. The summed E-state index contributed by atoms with van der Waals surface area (Å²) in [7, 11) is 1.56. The zero-order valence-electron chi connectivity index (χ0n) is 16.5. The van der Waals surface area contributed by atoms with Crippen LogP contribution in [0.4, 0.5) is 0 Å². The van der Waals surface area contributed by atoms with Crippen LogP contribution in [0.2, 0.25) is 0 Å². The minimum absolute atomic E-state index is 0.236. The van der Waals surface area contributed by atoms with E-state index in [1.165, 1.54) is 0 Å². The molecular formula is C20H28O7.